The standard InChI is InChI=1S/C19H22FN3O3/c1-13-4-3-5-15(10-13)21-14-6-8-22(9-7-14)18-12-16(26-2)11-17(20)19(18)23(24)25/h3-5,10-12,14,21H,6-9H2,1-2H3. The van der Waals surface area contributed by atoms with Crippen LogP contribution in [0.4, 0.5) is 21.5 Å². The number of halogens is 1. The van der Waals surface area contributed by atoms with Gasteiger partial charge < -0.3 is 15.0 Å². The first-order valence-electron chi connectivity index (χ1n) is 8.58. The molecular weight excluding hydrogens is 337 g/mol. The summed E-state index contributed by atoms with van der Waals surface area (Å²) in [4.78, 5) is 12.5. The quantitative estimate of drug-likeness (QED) is 0.642. The summed E-state index contributed by atoms with van der Waals surface area (Å²) in [5, 5.41) is 14.8. The zero-order valence-corrected chi connectivity index (χ0v) is 14.9. The van der Waals surface area contributed by atoms with E-state index in [0.29, 0.717) is 13.1 Å². The summed E-state index contributed by atoms with van der Waals surface area (Å²) in [6.45, 7) is 3.26. The molecule has 1 N–H and O–H groups in total. The maximum absolute atomic E-state index is 14.1. The molecule has 1 aliphatic heterocycles. The number of nitro benzene ring substituents is 1. The molecule has 2 aromatic carbocycles. The first-order chi connectivity index (χ1) is 12.5. The molecule has 7 heteroatoms. The summed E-state index contributed by atoms with van der Waals surface area (Å²) < 4.78 is 19.2. The molecule has 0 amide bonds. The van der Waals surface area contributed by atoms with Crippen LogP contribution in [0.1, 0.15) is 18.4 Å². The van der Waals surface area contributed by atoms with Crippen LogP contribution < -0.4 is 15.0 Å². The normalized spacial score (nSPS) is 15.0. The minimum atomic E-state index is -0.871. The Hall–Kier alpha value is -2.83. The van der Waals surface area contributed by atoms with E-state index in [0.717, 1.165) is 24.6 Å². The third-order valence-electron chi connectivity index (χ3n) is 4.66. The van der Waals surface area contributed by atoms with Crippen molar-refractivity contribution < 1.29 is 14.1 Å². The molecule has 6 nitrogen and oxygen atoms in total. The zero-order chi connectivity index (χ0) is 18.7. The van der Waals surface area contributed by atoms with Gasteiger partial charge in [0.05, 0.1) is 12.0 Å². The van der Waals surface area contributed by atoms with Gasteiger partial charge in [0.1, 0.15) is 11.4 Å². The molecule has 138 valence electrons. The predicted octanol–water partition coefficient (Wildman–Crippen LogP) is 4.13. The highest BCUT2D eigenvalue weighted by atomic mass is 19.1. The van der Waals surface area contributed by atoms with Crippen LogP contribution in [0.3, 0.4) is 0 Å². The van der Waals surface area contributed by atoms with Gasteiger partial charge in [-0.3, -0.25) is 10.1 Å². The summed E-state index contributed by atoms with van der Waals surface area (Å²) >= 11 is 0. The van der Waals surface area contributed by atoms with Crippen molar-refractivity contribution in [2.45, 2.75) is 25.8 Å². The molecule has 0 atom stereocenters. The van der Waals surface area contributed by atoms with Crippen LogP contribution in [0.5, 0.6) is 5.75 Å². The lowest BCUT2D eigenvalue weighted by molar-refractivity contribution is -0.386. The van der Waals surface area contributed by atoms with Gasteiger partial charge >= 0.3 is 5.69 Å². The van der Waals surface area contributed by atoms with Gasteiger partial charge in [0.2, 0.25) is 5.82 Å². The second-order valence-electron chi connectivity index (χ2n) is 6.51. The van der Waals surface area contributed by atoms with E-state index in [1.807, 2.05) is 30.0 Å². The van der Waals surface area contributed by atoms with E-state index in [9.17, 15) is 14.5 Å². The fourth-order valence-electron chi connectivity index (χ4n) is 3.34. The number of hydrogen-bond acceptors (Lipinski definition) is 5. The number of benzene rings is 2. The Balaban J connectivity index is 1.73. The molecule has 0 unspecified atom stereocenters. The van der Waals surface area contributed by atoms with Gasteiger partial charge in [-0.1, -0.05) is 12.1 Å². The molecule has 1 fully saturated rings. The van der Waals surface area contributed by atoms with Crippen molar-refractivity contribution in [3.8, 4) is 5.75 Å². The predicted molar refractivity (Wildman–Crippen MR) is 99.6 cm³/mol. The molecular formula is C19H22FN3O3. The van der Waals surface area contributed by atoms with Crippen LogP contribution in [0.25, 0.3) is 0 Å². The fraction of sp³-hybridized carbons (Fsp3) is 0.368. The van der Waals surface area contributed by atoms with Gasteiger partial charge in [-0.15, -0.1) is 0 Å². The smallest absolute Gasteiger partial charge is 0.328 e. The highest BCUT2D eigenvalue weighted by Crippen LogP contribution is 2.36. The summed E-state index contributed by atoms with van der Waals surface area (Å²) in [6.07, 6.45) is 1.62. The SMILES string of the molecule is COc1cc(F)c([N+](=O)[O-])c(N2CCC(Nc3cccc(C)c3)CC2)c1. The number of ether oxygens (including phenoxy) is 1. The van der Waals surface area contributed by atoms with Gasteiger partial charge in [-0.2, -0.15) is 4.39 Å². The molecule has 0 radical (unpaired) electrons. The molecule has 0 spiro atoms. The summed E-state index contributed by atoms with van der Waals surface area (Å²) in [7, 11) is 1.42. The number of methoxy groups -OCH3 is 1. The lowest BCUT2D eigenvalue weighted by Crippen LogP contribution is -2.39. The van der Waals surface area contributed by atoms with Crippen molar-refractivity contribution in [3.63, 3.8) is 0 Å². The number of nitrogens with zero attached hydrogens (tertiary/aromatic N) is 2. The topological polar surface area (TPSA) is 67.6 Å². The summed E-state index contributed by atoms with van der Waals surface area (Å²) in [6, 6.07) is 11.0. The van der Waals surface area contributed by atoms with Gasteiger partial charge in [-0.05, 0) is 37.5 Å². The average Bonchev–Trinajstić information content (AvgIpc) is 2.61. The molecule has 3 rings (SSSR count). The number of aryl methyl sites for hydroxylation is 1. The average molecular weight is 359 g/mol. The van der Waals surface area contributed by atoms with E-state index < -0.39 is 16.4 Å². The Morgan fingerprint density at radius 1 is 1.27 bits per heavy atom. The van der Waals surface area contributed by atoms with E-state index in [-0.39, 0.29) is 17.5 Å². The van der Waals surface area contributed by atoms with Gasteiger partial charge in [0.25, 0.3) is 0 Å². The van der Waals surface area contributed by atoms with Crippen molar-refractivity contribution >= 4 is 17.1 Å². The lowest BCUT2D eigenvalue weighted by Gasteiger charge is -2.34. The Morgan fingerprint density at radius 3 is 2.62 bits per heavy atom. The third-order valence-corrected chi connectivity index (χ3v) is 4.66. The van der Waals surface area contributed by atoms with Gasteiger partial charge in [0.15, 0.2) is 0 Å². The monoisotopic (exact) mass is 359 g/mol. The molecule has 0 aromatic heterocycles. The molecule has 0 saturated carbocycles. The highest BCUT2D eigenvalue weighted by Gasteiger charge is 2.29. The molecule has 0 bridgehead atoms. The second kappa shape index (κ2) is 7.59. The van der Waals surface area contributed by atoms with Crippen LogP contribution in [0.2, 0.25) is 0 Å². The van der Waals surface area contributed by atoms with E-state index in [1.165, 1.54) is 18.7 Å². The number of anilines is 2. The van der Waals surface area contributed by atoms with E-state index in [4.69, 9.17) is 4.74 Å². The Bertz CT molecular complexity index is 805. The first kappa shape index (κ1) is 18.0. The van der Waals surface area contributed by atoms with Crippen LogP contribution in [-0.4, -0.2) is 31.2 Å². The van der Waals surface area contributed by atoms with Crippen molar-refractivity contribution in [2.75, 3.05) is 30.4 Å². The Morgan fingerprint density at radius 2 is 2.00 bits per heavy atom. The van der Waals surface area contributed by atoms with Crippen LogP contribution in [0, 0.1) is 22.9 Å². The number of nitro groups is 1. The van der Waals surface area contributed by atoms with E-state index >= 15 is 0 Å². The lowest BCUT2D eigenvalue weighted by atomic mass is 10.0. The molecule has 26 heavy (non-hydrogen) atoms. The highest BCUT2D eigenvalue weighted by molar-refractivity contribution is 5.67. The molecule has 1 heterocycles. The minimum Gasteiger partial charge on any atom is -0.497 e. The van der Waals surface area contributed by atoms with Crippen molar-refractivity contribution in [2.24, 2.45) is 0 Å². The first-order valence-corrected chi connectivity index (χ1v) is 8.58. The Labute approximate surface area is 151 Å². The summed E-state index contributed by atoms with van der Waals surface area (Å²) in [5.74, 6) is -0.590. The molecule has 0 aliphatic carbocycles. The largest absolute Gasteiger partial charge is 0.497 e. The number of hydrogen-bond donors (Lipinski definition) is 1. The van der Waals surface area contributed by atoms with Crippen LogP contribution >= 0.6 is 0 Å². The maximum Gasteiger partial charge on any atom is 0.328 e. The van der Waals surface area contributed by atoms with Crippen LogP contribution in [0.15, 0.2) is 36.4 Å². The fourth-order valence-corrected chi connectivity index (χ4v) is 3.34. The second-order valence-corrected chi connectivity index (χ2v) is 6.51. The van der Waals surface area contributed by atoms with Gasteiger partial charge in [-0.25, -0.2) is 0 Å². The molecule has 1 aliphatic rings. The van der Waals surface area contributed by atoms with Gasteiger partial charge in [0, 0.05) is 37.0 Å². The molecule has 1 saturated heterocycles. The number of rotatable bonds is 5. The maximum atomic E-state index is 14.1. The molecule has 2 aromatic rings. The van der Waals surface area contributed by atoms with E-state index in [2.05, 4.69) is 11.4 Å². The number of nitrogens with one attached hydrogen (secondary N) is 1. The van der Waals surface area contributed by atoms with Crippen molar-refractivity contribution in [1.82, 2.24) is 0 Å². The zero-order valence-electron chi connectivity index (χ0n) is 14.9. The third kappa shape index (κ3) is 3.87. The van der Waals surface area contributed by atoms with Crippen LogP contribution in [-0.2, 0) is 0 Å². The van der Waals surface area contributed by atoms with E-state index in [1.54, 1.807) is 0 Å². The van der Waals surface area contributed by atoms with Crippen molar-refractivity contribution in [3.05, 3.63) is 57.9 Å². The number of piperidine rings is 1. The van der Waals surface area contributed by atoms with Crippen molar-refractivity contribution in [1.29, 1.82) is 0 Å². The Kier molecular flexibility index (Phi) is 5.25. The summed E-state index contributed by atoms with van der Waals surface area (Å²) in [5.41, 5.74) is 2.05. The minimum absolute atomic E-state index is 0.279.